The first-order valence-corrected chi connectivity index (χ1v) is 13.6. The summed E-state index contributed by atoms with van der Waals surface area (Å²) in [6.07, 6.45) is 29.6. The minimum atomic E-state index is 0.726. The highest BCUT2D eigenvalue weighted by Gasteiger charge is 1.95. The zero-order valence-electron chi connectivity index (χ0n) is 21.4. The summed E-state index contributed by atoms with van der Waals surface area (Å²) in [7, 11) is 0. The third-order valence-electron chi connectivity index (χ3n) is 5.57. The van der Waals surface area contributed by atoms with Gasteiger partial charge in [-0.2, -0.15) is 0 Å². The van der Waals surface area contributed by atoms with E-state index in [1.165, 1.54) is 135 Å². The Balaban J connectivity index is 0. The first kappa shape index (κ1) is 31.7. The van der Waals surface area contributed by atoms with Crippen LogP contribution in [0.4, 0.5) is 0 Å². The molecule has 0 aromatic heterocycles. The lowest BCUT2D eigenvalue weighted by Gasteiger charge is -2.05. The average molecular weight is 427 g/mol. The van der Waals surface area contributed by atoms with Gasteiger partial charge in [0.2, 0.25) is 0 Å². The molecule has 0 aliphatic heterocycles. The SMILES string of the molecule is C=COCC.CCCCCCCCCCCCOCCCCCCCCCCCC. The van der Waals surface area contributed by atoms with E-state index in [4.69, 9.17) is 4.74 Å². The predicted octanol–water partition coefficient (Wildman–Crippen LogP) is 10.0. The van der Waals surface area contributed by atoms with Crippen LogP contribution in [0.3, 0.4) is 0 Å². The van der Waals surface area contributed by atoms with E-state index in [1.807, 2.05) is 6.92 Å². The molecule has 0 bridgehead atoms. The van der Waals surface area contributed by atoms with Crippen LogP contribution >= 0.6 is 0 Å². The maximum atomic E-state index is 5.78. The first-order valence-electron chi connectivity index (χ1n) is 13.6. The molecule has 0 N–H and O–H groups in total. The predicted molar refractivity (Wildman–Crippen MR) is 136 cm³/mol. The summed E-state index contributed by atoms with van der Waals surface area (Å²) in [5, 5.41) is 0. The molecule has 0 fully saturated rings. The van der Waals surface area contributed by atoms with Crippen LogP contribution < -0.4 is 0 Å². The summed E-state index contributed by atoms with van der Waals surface area (Å²) < 4.78 is 10.4. The standard InChI is InChI=1S/C24H50O.C4H8O/c1-3-5-7-9-11-13-15-17-19-21-23-25-24-22-20-18-16-14-12-10-8-6-4-2;1-3-5-4-2/h3-24H2,1-2H3;3H,1,4H2,2H3. The van der Waals surface area contributed by atoms with Gasteiger partial charge in [-0.15, -0.1) is 0 Å². The number of hydrogen-bond donors (Lipinski definition) is 0. The average Bonchev–Trinajstić information content (AvgIpc) is 2.76. The number of rotatable bonds is 24. The molecule has 2 nitrogen and oxygen atoms in total. The van der Waals surface area contributed by atoms with Crippen molar-refractivity contribution in [3.8, 4) is 0 Å². The van der Waals surface area contributed by atoms with Gasteiger partial charge in [0, 0.05) is 13.2 Å². The Morgan fingerprint density at radius 2 is 0.767 bits per heavy atom. The molecule has 2 heteroatoms. The Morgan fingerprint density at radius 1 is 0.467 bits per heavy atom. The van der Waals surface area contributed by atoms with Crippen molar-refractivity contribution in [2.45, 2.75) is 149 Å². The van der Waals surface area contributed by atoms with E-state index in [0.29, 0.717) is 0 Å². The molecule has 0 aliphatic rings. The second kappa shape index (κ2) is 33.1. The van der Waals surface area contributed by atoms with E-state index in [0.717, 1.165) is 19.8 Å². The maximum absolute atomic E-state index is 5.78. The summed E-state index contributed by atoms with van der Waals surface area (Å²) in [5.74, 6) is 0. The van der Waals surface area contributed by atoms with Gasteiger partial charge < -0.3 is 9.47 Å². The fraction of sp³-hybridized carbons (Fsp3) is 0.929. The smallest absolute Gasteiger partial charge is 0.0844 e. The van der Waals surface area contributed by atoms with Gasteiger partial charge in [-0.1, -0.05) is 136 Å². The minimum Gasteiger partial charge on any atom is -0.502 e. The van der Waals surface area contributed by atoms with Crippen molar-refractivity contribution >= 4 is 0 Å². The largest absolute Gasteiger partial charge is 0.502 e. The van der Waals surface area contributed by atoms with E-state index in [-0.39, 0.29) is 0 Å². The van der Waals surface area contributed by atoms with Crippen LogP contribution in [0.25, 0.3) is 0 Å². The van der Waals surface area contributed by atoms with Crippen LogP contribution in [-0.4, -0.2) is 19.8 Å². The molecule has 0 unspecified atom stereocenters. The van der Waals surface area contributed by atoms with Crippen LogP contribution in [0, 0.1) is 0 Å². The number of unbranched alkanes of at least 4 members (excludes halogenated alkanes) is 18. The lowest BCUT2D eigenvalue weighted by Crippen LogP contribution is -1.97. The highest BCUT2D eigenvalue weighted by Crippen LogP contribution is 2.12. The van der Waals surface area contributed by atoms with Gasteiger partial charge in [0.1, 0.15) is 0 Å². The second-order valence-electron chi connectivity index (χ2n) is 8.60. The highest BCUT2D eigenvalue weighted by atomic mass is 16.5. The summed E-state index contributed by atoms with van der Waals surface area (Å²) in [5.41, 5.74) is 0. The molecule has 0 aliphatic carbocycles. The molecule has 0 rings (SSSR count). The third-order valence-corrected chi connectivity index (χ3v) is 5.57. The van der Waals surface area contributed by atoms with Gasteiger partial charge in [0.15, 0.2) is 0 Å². The fourth-order valence-electron chi connectivity index (χ4n) is 3.60. The van der Waals surface area contributed by atoms with Gasteiger partial charge in [-0.3, -0.25) is 0 Å². The van der Waals surface area contributed by atoms with Gasteiger partial charge >= 0.3 is 0 Å². The molecule has 0 spiro atoms. The highest BCUT2D eigenvalue weighted by molar-refractivity contribution is 4.49. The van der Waals surface area contributed by atoms with Gasteiger partial charge in [0.05, 0.1) is 12.9 Å². The Kier molecular flexibility index (Phi) is 35.0. The first-order chi connectivity index (χ1) is 14.8. The monoisotopic (exact) mass is 426 g/mol. The molecule has 182 valence electrons. The lowest BCUT2D eigenvalue weighted by atomic mass is 10.1. The number of ether oxygens (including phenoxy) is 2. The molecular weight excluding hydrogens is 368 g/mol. The zero-order chi connectivity index (χ0) is 22.4. The van der Waals surface area contributed by atoms with Crippen molar-refractivity contribution < 1.29 is 9.47 Å². The van der Waals surface area contributed by atoms with Crippen LogP contribution in [0.1, 0.15) is 149 Å². The zero-order valence-corrected chi connectivity index (χ0v) is 21.4. The fourth-order valence-corrected chi connectivity index (χ4v) is 3.60. The second-order valence-corrected chi connectivity index (χ2v) is 8.60. The maximum Gasteiger partial charge on any atom is 0.0844 e. The number of hydrogen-bond acceptors (Lipinski definition) is 2. The molecule has 0 amide bonds. The minimum absolute atomic E-state index is 0.726. The molecular formula is C28H58O2. The van der Waals surface area contributed by atoms with E-state index in [9.17, 15) is 0 Å². The molecule has 0 saturated heterocycles. The summed E-state index contributed by atoms with van der Waals surface area (Å²) >= 11 is 0. The molecule has 0 radical (unpaired) electrons. The van der Waals surface area contributed by atoms with Gasteiger partial charge in [-0.25, -0.2) is 0 Å². The van der Waals surface area contributed by atoms with E-state index in [2.05, 4.69) is 25.2 Å². The van der Waals surface area contributed by atoms with E-state index >= 15 is 0 Å². The van der Waals surface area contributed by atoms with Crippen molar-refractivity contribution in [1.82, 2.24) is 0 Å². The van der Waals surface area contributed by atoms with Crippen LogP contribution in [0.5, 0.6) is 0 Å². The Bertz CT molecular complexity index is 256. The van der Waals surface area contributed by atoms with Crippen LogP contribution in [0.15, 0.2) is 12.8 Å². The van der Waals surface area contributed by atoms with E-state index < -0.39 is 0 Å². The van der Waals surface area contributed by atoms with Crippen molar-refractivity contribution in [3.63, 3.8) is 0 Å². The lowest BCUT2D eigenvalue weighted by molar-refractivity contribution is 0.125. The normalized spacial score (nSPS) is 10.5. The Morgan fingerprint density at radius 3 is 1.00 bits per heavy atom. The summed E-state index contributed by atoms with van der Waals surface area (Å²) in [6, 6.07) is 0. The Labute approximate surface area is 191 Å². The molecule has 0 heterocycles. The van der Waals surface area contributed by atoms with E-state index in [1.54, 1.807) is 0 Å². The van der Waals surface area contributed by atoms with Crippen LogP contribution in [0.2, 0.25) is 0 Å². The molecule has 0 aromatic rings. The summed E-state index contributed by atoms with van der Waals surface area (Å²) in [4.78, 5) is 0. The van der Waals surface area contributed by atoms with Crippen molar-refractivity contribution in [1.29, 1.82) is 0 Å². The van der Waals surface area contributed by atoms with Crippen molar-refractivity contribution in [3.05, 3.63) is 12.8 Å². The van der Waals surface area contributed by atoms with Gasteiger partial charge in [0.25, 0.3) is 0 Å². The molecule has 0 aromatic carbocycles. The molecule has 30 heavy (non-hydrogen) atoms. The van der Waals surface area contributed by atoms with Crippen LogP contribution in [-0.2, 0) is 9.47 Å². The van der Waals surface area contributed by atoms with Crippen molar-refractivity contribution in [2.24, 2.45) is 0 Å². The summed E-state index contributed by atoms with van der Waals surface area (Å²) in [6.45, 7) is 12.5. The quantitative estimate of drug-likeness (QED) is 0.113. The molecule has 0 atom stereocenters. The van der Waals surface area contributed by atoms with Gasteiger partial charge in [-0.05, 0) is 19.8 Å². The van der Waals surface area contributed by atoms with Crippen molar-refractivity contribution in [2.75, 3.05) is 19.8 Å². The topological polar surface area (TPSA) is 18.5 Å². The third kappa shape index (κ3) is 35.0. The molecule has 0 saturated carbocycles. The Hall–Kier alpha value is -0.500.